The van der Waals surface area contributed by atoms with Crippen molar-refractivity contribution in [1.82, 2.24) is 20.1 Å². The van der Waals surface area contributed by atoms with Crippen LogP contribution < -0.4 is 20.3 Å². The molecule has 2 N–H and O–H groups in total. The molecule has 10 nitrogen and oxygen atoms in total. The first-order valence-corrected chi connectivity index (χ1v) is 10.8. The topological polar surface area (TPSA) is 107 Å². The zero-order valence-corrected chi connectivity index (χ0v) is 19.0. The fourth-order valence-corrected chi connectivity index (χ4v) is 3.99. The largest absolute Gasteiger partial charge is 0.497 e. The zero-order valence-electron chi connectivity index (χ0n) is 19.0. The van der Waals surface area contributed by atoms with E-state index in [1.807, 2.05) is 6.07 Å². The number of aromatic nitrogens is 1. The molecule has 1 atom stereocenters. The summed E-state index contributed by atoms with van der Waals surface area (Å²) in [5, 5.41) is 5.41. The number of benzene rings is 1. The van der Waals surface area contributed by atoms with Crippen molar-refractivity contribution < 1.29 is 19.1 Å². The molecular formula is C23H28N6O4. The normalized spacial score (nSPS) is 21.2. The third-order valence-corrected chi connectivity index (χ3v) is 6.10. The van der Waals surface area contributed by atoms with Gasteiger partial charge in [-0.25, -0.2) is 9.78 Å². The minimum Gasteiger partial charge on any atom is -0.497 e. The number of amides is 4. The zero-order chi connectivity index (χ0) is 23.6. The second-order valence-electron chi connectivity index (χ2n) is 8.42. The quantitative estimate of drug-likeness (QED) is 0.635. The van der Waals surface area contributed by atoms with Gasteiger partial charge in [0, 0.05) is 26.2 Å². The summed E-state index contributed by atoms with van der Waals surface area (Å²) in [6.45, 7) is 4.97. The van der Waals surface area contributed by atoms with Gasteiger partial charge in [-0.15, -0.1) is 0 Å². The van der Waals surface area contributed by atoms with Crippen molar-refractivity contribution in [3.63, 3.8) is 0 Å². The number of urea groups is 1. The van der Waals surface area contributed by atoms with E-state index < -0.39 is 29.9 Å². The summed E-state index contributed by atoms with van der Waals surface area (Å²) >= 11 is 0. The molecule has 0 saturated carbocycles. The van der Waals surface area contributed by atoms with Gasteiger partial charge >= 0.3 is 6.03 Å². The van der Waals surface area contributed by atoms with E-state index in [2.05, 4.69) is 32.5 Å². The van der Waals surface area contributed by atoms with Crippen molar-refractivity contribution in [3.05, 3.63) is 48.2 Å². The maximum absolute atomic E-state index is 13.0. The van der Waals surface area contributed by atoms with Gasteiger partial charge in [-0.1, -0.05) is 12.1 Å². The van der Waals surface area contributed by atoms with Gasteiger partial charge < -0.3 is 25.2 Å². The number of anilines is 2. The number of imide groups is 1. The Morgan fingerprint density at radius 1 is 1.12 bits per heavy atom. The van der Waals surface area contributed by atoms with Crippen molar-refractivity contribution in [3.8, 4) is 5.75 Å². The lowest BCUT2D eigenvalue weighted by molar-refractivity contribution is -0.133. The van der Waals surface area contributed by atoms with Crippen molar-refractivity contribution >= 4 is 29.4 Å². The molecule has 33 heavy (non-hydrogen) atoms. The van der Waals surface area contributed by atoms with Crippen molar-refractivity contribution in [2.24, 2.45) is 0 Å². The highest BCUT2D eigenvalue weighted by molar-refractivity contribution is 6.10. The molecule has 2 saturated heterocycles. The first kappa shape index (κ1) is 22.5. The van der Waals surface area contributed by atoms with Crippen molar-refractivity contribution in [2.75, 3.05) is 57.1 Å². The van der Waals surface area contributed by atoms with Crippen LogP contribution in [0.2, 0.25) is 0 Å². The fraction of sp³-hybridized carbons (Fsp3) is 0.391. The van der Waals surface area contributed by atoms with Crippen LogP contribution in [-0.2, 0) is 15.1 Å². The second kappa shape index (κ2) is 9.07. The number of nitrogens with zero attached hydrogens (tertiary/aromatic N) is 4. The molecule has 174 valence electrons. The van der Waals surface area contributed by atoms with Crippen LogP contribution in [0.25, 0.3) is 0 Å². The Labute approximate surface area is 192 Å². The van der Waals surface area contributed by atoms with Crippen molar-refractivity contribution in [2.45, 2.75) is 12.5 Å². The lowest BCUT2D eigenvalue weighted by atomic mass is 9.92. The first-order valence-electron chi connectivity index (χ1n) is 10.8. The predicted octanol–water partition coefficient (Wildman–Crippen LogP) is 1.25. The molecule has 0 spiro atoms. The van der Waals surface area contributed by atoms with Crippen molar-refractivity contribution in [1.29, 1.82) is 0 Å². The molecule has 4 rings (SSSR count). The highest BCUT2D eigenvalue weighted by Crippen LogP contribution is 2.30. The van der Waals surface area contributed by atoms with Crippen LogP contribution in [0.5, 0.6) is 5.75 Å². The average molecular weight is 453 g/mol. The van der Waals surface area contributed by atoms with Crippen LogP contribution in [0.1, 0.15) is 12.5 Å². The standard InChI is InChI=1S/C23H28N6O4/c1-23(16-4-7-18(33-3)8-5-16)21(31)29(22(32)26-23)15-20(30)25-17-6-9-19(24-14-17)28-12-10-27(2)11-13-28/h4-9,14H,10-13,15H2,1-3H3,(H,25,30)(H,26,32). The smallest absolute Gasteiger partial charge is 0.325 e. The molecule has 0 aliphatic carbocycles. The monoisotopic (exact) mass is 452 g/mol. The lowest BCUT2D eigenvalue weighted by Crippen LogP contribution is -2.44. The number of carbonyl (C=O) groups is 3. The van der Waals surface area contributed by atoms with E-state index in [9.17, 15) is 14.4 Å². The lowest BCUT2D eigenvalue weighted by Gasteiger charge is -2.33. The Morgan fingerprint density at radius 3 is 2.42 bits per heavy atom. The van der Waals surface area contributed by atoms with Gasteiger partial charge in [0.25, 0.3) is 5.91 Å². The highest BCUT2D eigenvalue weighted by atomic mass is 16.5. The first-order chi connectivity index (χ1) is 15.8. The summed E-state index contributed by atoms with van der Waals surface area (Å²) in [5.41, 5.74) is -0.147. The number of carbonyl (C=O) groups excluding carboxylic acids is 3. The van der Waals surface area contributed by atoms with E-state index in [0.717, 1.165) is 36.9 Å². The molecule has 3 heterocycles. The summed E-state index contributed by atoms with van der Waals surface area (Å²) in [5.74, 6) is 0.524. The average Bonchev–Trinajstić information content (AvgIpc) is 3.04. The molecule has 2 aliphatic rings. The Kier molecular flexibility index (Phi) is 6.19. The number of rotatable bonds is 6. The van der Waals surface area contributed by atoms with E-state index in [4.69, 9.17) is 4.74 Å². The van der Waals surface area contributed by atoms with Gasteiger partial charge in [-0.2, -0.15) is 0 Å². The summed E-state index contributed by atoms with van der Waals surface area (Å²) in [6.07, 6.45) is 1.58. The van der Waals surface area contributed by atoms with Crippen LogP contribution in [0.15, 0.2) is 42.6 Å². The second-order valence-corrected chi connectivity index (χ2v) is 8.42. The minimum atomic E-state index is -1.25. The van der Waals surface area contributed by atoms with Gasteiger partial charge in [0.05, 0.1) is 19.0 Å². The number of likely N-dealkylation sites (N-methyl/N-ethyl adjacent to an activating group) is 1. The molecule has 4 amide bonds. The van der Waals surface area contributed by atoms with Crippen LogP contribution in [-0.4, -0.2) is 79.5 Å². The molecule has 2 aliphatic heterocycles. The molecule has 1 unspecified atom stereocenters. The Bertz CT molecular complexity index is 1030. The summed E-state index contributed by atoms with van der Waals surface area (Å²) in [4.78, 5) is 47.9. The molecule has 0 bridgehead atoms. The Morgan fingerprint density at radius 2 is 1.82 bits per heavy atom. The number of piperazine rings is 1. The molecule has 1 aromatic heterocycles. The molecule has 10 heteroatoms. The van der Waals surface area contributed by atoms with Gasteiger partial charge in [0.1, 0.15) is 23.7 Å². The third-order valence-electron chi connectivity index (χ3n) is 6.10. The molecule has 1 aromatic carbocycles. The van der Waals surface area contributed by atoms with Crippen LogP contribution in [0.4, 0.5) is 16.3 Å². The van der Waals surface area contributed by atoms with E-state index in [0.29, 0.717) is 17.0 Å². The maximum atomic E-state index is 13.0. The van der Waals surface area contributed by atoms with Crippen LogP contribution >= 0.6 is 0 Å². The summed E-state index contributed by atoms with van der Waals surface area (Å²) in [6, 6.07) is 9.88. The van der Waals surface area contributed by atoms with Crippen LogP contribution in [0, 0.1) is 0 Å². The number of pyridine rings is 1. The molecule has 0 radical (unpaired) electrons. The van der Waals surface area contributed by atoms with Gasteiger partial charge in [-0.3, -0.25) is 14.5 Å². The Balaban J connectivity index is 1.38. The number of nitrogens with one attached hydrogen (secondary N) is 2. The Hall–Kier alpha value is -3.66. The van der Waals surface area contributed by atoms with E-state index in [1.54, 1.807) is 50.6 Å². The highest BCUT2D eigenvalue weighted by Gasteiger charge is 2.49. The summed E-state index contributed by atoms with van der Waals surface area (Å²) < 4.78 is 5.14. The van der Waals surface area contributed by atoms with E-state index in [1.165, 1.54) is 0 Å². The van der Waals surface area contributed by atoms with Crippen LogP contribution in [0.3, 0.4) is 0 Å². The number of methoxy groups -OCH3 is 1. The third kappa shape index (κ3) is 4.61. The predicted molar refractivity (Wildman–Crippen MR) is 123 cm³/mol. The minimum absolute atomic E-state index is 0.392. The number of hydrogen-bond donors (Lipinski definition) is 2. The van der Waals surface area contributed by atoms with E-state index in [-0.39, 0.29) is 0 Å². The van der Waals surface area contributed by atoms with E-state index >= 15 is 0 Å². The van der Waals surface area contributed by atoms with Gasteiger partial charge in [0.2, 0.25) is 5.91 Å². The SMILES string of the molecule is COc1ccc(C2(C)NC(=O)N(CC(=O)Nc3ccc(N4CCN(C)CC4)nc3)C2=O)cc1. The maximum Gasteiger partial charge on any atom is 0.325 e. The molecular weight excluding hydrogens is 424 g/mol. The molecule has 2 fully saturated rings. The van der Waals surface area contributed by atoms with Gasteiger partial charge in [0.15, 0.2) is 0 Å². The number of ether oxygens (including phenoxy) is 1. The summed E-state index contributed by atoms with van der Waals surface area (Å²) in [7, 11) is 3.64. The fourth-order valence-electron chi connectivity index (χ4n) is 3.99. The number of hydrogen-bond acceptors (Lipinski definition) is 7. The van der Waals surface area contributed by atoms with Gasteiger partial charge in [-0.05, 0) is 43.8 Å². The molecule has 2 aromatic rings.